The van der Waals surface area contributed by atoms with Gasteiger partial charge in [-0.2, -0.15) is 0 Å². The smallest absolute Gasteiger partial charge is 0.176 e. The van der Waals surface area contributed by atoms with Gasteiger partial charge < -0.3 is 4.57 Å². The average Bonchev–Trinajstić information content (AvgIpc) is 2.57. The normalized spacial score (nSPS) is 10.9. The van der Waals surface area contributed by atoms with Gasteiger partial charge in [0.1, 0.15) is 0 Å². The molecule has 0 aliphatic rings. The lowest BCUT2D eigenvalue weighted by molar-refractivity contribution is 0.100. The van der Waals surface area contributed by atoms with Crippen molar-refractivity contribution in [3.8, 4) is 0 Å². The van der Waals surface area contributed by atoms with Gasteiger partial charge in [-0.05, 0) is 35.0 Å². The Balaban J connectivity index is 2.86. The number of benzene rings is 1. The summed E-state index contributed by atoms with van der Waals surface area (Å²) in [6.07, 6.45) is 0. The van der Waals surface area contributed by atoms with Crippen LogP contribution in [0.4, 0.5) is 0 Å². The van der Waals surface area contributed by atoms with Gasteiger partial charge in [0, 0.05) is 23.3 Å². The predicted octanol–water partition coefficient (Wildman–Crippen LogP) is 3.63. The molecule has 0 unspecified atom stereocenters. The second-order valence-corrected chi connectivity index (χ2v) is 4.36. The Bertz CT molecular complexity index is 528. The van der Waals surface area contributed by atoms with E-state index in [9.17, 15) is 4.79 Å². The predicted molar refractivity (Wildman–Crippen MR) is 65.3 cm³/mol. The van der Waals surface area contributed by atoms with E-state index in [0.29, 0.717) is 0 Å². The van der Waals surface area contributed by atoms with Gasteiger partial charge in [-0.25, -0.2) is 0 Å². The first-order valence-corrected chi connectivity index (χ1v) is 5.73. The van der Waals surface area contributed by atoms with Crippen LogP contribution in [0.25, 0.3) is 10.9 Å². The number of halogens is 1. The van der Waals surface area contributed by atoms with Gasteiger partial charge in [0.05, 0.1) is 11.2 Å². The molecule has 1 aromatic heterocycles. The lowest BCUT2D eigenvalue weighted by Crippen LogP contribution is -2.04. The molecule has 0 amide bonds. The highest BCUT2D eigenvalue weighted by atomic mass is 79.9. The Labute approximate surface area is 97.0 Å². The van der Waals surface area contributed by atoms with Crippen LogP contribution in [0.1, 0.15) is 24.3 Å². The lowest BCUT2D eigenvalue weighted by Gasteiger charge is -2.06. The summed E-state index contributed by atoms with van der Waals surface area (Å²) in [6.45, 7) is 4.46. The topological polar surface area (TPSA) is 22.0 Å². The molecule has 0 N–H and O–H groups in total. The molecule has 0 fully saturated rings. The van der Waals surface area contributed by atoms with E-state index in [1.165, 1.54) is 0 Å². The number of Topliss-reactive ketones (excluding diaryl/α,β-unsaturated/α-hetero) is 1. The second-order valence-electron chi connectivity index (χ2n) is 3.51. The van der Waals surface area contributed by atoms with Crippen LogP contribution in [0.15, 0.2) is 28.7 Å². The molecule has 1 aromatic carbocycles. The van der Waals surface area contributed by atoms with Gasteiger partial charge in [-0.3, -0.25) is 4.79 Å². The third-order valence-electron chi connectivity index (χ3n) is 2.55. The number of ketones is 1. The van der Waals surface area contributed by atoms with Gasteiger partial charge in [0.2, 0.25) is 0 Å². The minimum atomic E-state index is 0.111. The number of nitrogens with zero attached hydrogens (tertiary/aromatic N) is 1. The summed E-state index contributed by atoms with van der Waals surface area (Å²) in [5.41, 5.74) is 1.88. The zero-order valence-electron chi connectivity index (χ0n) is 8.75. The van der Waals surface area contributed by atoms with Crippen molar-refractivity contribution in [2.45, 2.75) is 20.4 Å². The van der Waals surface area contributed by atoms with E-state index in [4.69, 9.17) is 0 Å². The number of carbonyl (C=O) groups is 1. The molecule has 2 nitrogen and oxygen atoms in total. The molecule has 0 aliphatic carbocycles. The number of hydrogen-bond acceptors (Lipinski definition) is 1. The Morgan fingerprint density at radius 1 is 1.47 bits per heavy atom. The number of aromatic nitrogens is 1. The van der Waals surface area contributed by atoms with Crippen molar-refractivity contribution in [3.05, 3.63) is 34.4 Å². The summed E-state index contributed by atoms with van der Waals surface area (Å²) in [5.74, 6) is 0.111. The van der Waals surface area contributed by atoms with Crippen molar-refractivity contribution in [1.82, 2.24) is 4.57 Å². The van der Waals surface area contributed by atoms with E-state index in [0.717, 1.165) is 27.6 Å². The van der Waals surface area contributed by atoms with Crippen LogP contribution in [0.3, 0.4) is 0 Å². The first kappa shape index (κ1) is 10.4. The molecular formula is C12H12BrNO. The molecule has 0 saturated heterocycles. The molecule has 0 spiro atoms. The van der Waals surface area contributed by atoms with Crippen LogP contribution in [0.2, 0.25) is 0 Å². The minimum absolute atomic E-state index is 0.111. The highest BCUT2D eigenvalue weighted by Gasteiger charge is 2.12. The maximum absolute atomic E-state index is 11.5. The van der Waals surface area contributed by atoms with E-state index in [1.807, 2.05) is 35.8 Å². The molecule has 78 valence electrons. The van der Waals surface area contributed by atoms with Crippen LogP contribution in [0.5, 0.6) is 0 Å². The van der Waals surface area contributed by atoms with Crippen LogP contribution in [0, 0.1) is 0 Å². The number of carbonyl (C=O) groups excluding carboxylic acids is 1. The van der Waals surface area contributed by atoms with Crippen LogP contribution in [-0.4, -0.2) is 10.4 Å². The minimum Gasteiger partial charge on any atom is -0.337 e. The Hall–Kier alpha value is -1.09. The maximum Gasteiger partial charge on any atom is 0.176 e. The molecule has 2 rings (SSSR count). The monoisotopic (exact) mass is 265 g/mol. The number of rotatable bonds is 2. The van der Waals surface area contributed by atoms with Gasteiger partial charge in [0.25, 0.3) is 0 Å². The van der Waals surface area contributed by atoms with Crippen LogP contribution >= 0.6 is 15.9 Å². The molecule has 15 heavy (non-hydrogen) atoms. The summed E-state index contributed by atoms with van der Waals surface area (Å²) in [4.78, 5) is 11.5. The van der Waals surface area contributed by atoms with Gasteiger partial charge in [0.15, 0.2) is 5.78 Å². The molecule has 3 heteroatoms. The molecule has 0 bridgehead atoms. The average molecular weight is 266 g/mol. The Kier molecular flexibility index (Phi) is 2.65. The van der Waals surface area contributed by atoms with Crippen molar-refractivity contribution >= 4 is 32.6 Å². The van der Waals surface area contributed by atoms with E-state index in [-0.39, 0.29) is 5.78 Å². The van der Waals surface area contributed by atoms with Crippen molar-refractivity contribution in [1.29, 1.82) is 0 Å². The Morgan fingerprint density at radius 2 is 2.20 bits per heavy atom. The molecule has 0 radical (unpaired) electrons. The number of para-hydroxylation sites is 1. The largest absolute Gasteiger partial charge is 0.337 e. The summed E-state index contributed by atoms with van der Waals surface area (Å²) < 4.78 is 3.08. The quantitative estimate of drug-likeness (QED) is 0.761. The highest BCUT2D eigenvalue weighted by molar-refractivity contribution is 9.10. The maximum atomic E-state index is 11.5. The Morgan fingerprint density at radius 3 is 2.80 bits per heavy atom. The number of hydrogen-bond donors (Lipinski definition) is 0. The number of aryl methyl sites for hydroxylation is 1. The van der Waals surface area contributed by atoms with Gasteiger partial charge in [-0.15, -0.1) is 0 Å². The van der Waals surface area contributed by atoms with Gasteiger partial charge >= 0.3 is 0 Å². The highest BCUT2D eigenvalue weighted by Crippen LogP contribution is 2.27. The molecule has 1 heterocycles. The fraction of sp³-hybridized carbons (Fsp3) is 0.250. The summed E-state index contributed by atoms with van der Waals surface area (Å²) in [7, 11) is 0. The zero-order valence-corrected chi connectivity index (χ0v) is 10.3. The van der Waals surface area contributed by atoms with Crippen molar-refractivity contribution < 1.29 is 4.79 Å². The first-order chi connectivity index (χ1) is 7.15. The van der Waals surface area contributed by atoms with Crippen molar-refractivity contribution in [2.24, 2.45) is 0 Å². The van der Waals surface area contributed by atoms with Crippen molar-refractivity contribution in [3.63, 3.8) is 0 Å². The fourth-order valence-corrected chi connectivity index (χ4v) is 2.49. The molecule has 2 aromatic rings. The van der Waals surface area contributed by atoms with E-state index in [1.54, 1.807) is 6.92 Å². The zero-order chi connectivity index (χ0) is 11.0. The molecular weight excluding hydrogens is 254 g/mol. The van der Waals surface area contributed by atoms with E-state index < -0.39 is 0 Å². The third-order valence-corrected chi connectivity index (χ3v) is 3.19. The van der Waals surface area contributed by atoms with E-state index in [2.05, 4.69) is 15.9 Å². The fourth-order valence-electron chi connectivity index (χ4n) is 1.90. The van der Waals surface area contributed by atoms with E-state index >= 15 is 0 Å². The van der Waals surface area contributed by atoms with Crippen molar-refractivity contribution in [2.75, 3.05) is 0 Å². The van der Waals surface area contributed by atoms with Crippen LogP contribution < -0.4 is 0 Å². The lowest BCUT2D eigenvalue weighted by atomic mass is 10.2. The first-order valence-electron chi connectivity index (χ1n) is 4.94. The van der Waals surface area contributed by atoms with Gasteiger partial charge in [-0.1, -0.05) is 12.1 Å². The van der Waals surface area contributed by atoms with Crippen LogP contribution in [-0.2, 0) is 6.54 Å². The standard InChI is InChI=1S/C12H12BrNO/c1-3-14-11(8(2)15)7-9-5-4-6-10(13)12(9)14/h4-7H,3H2,1-2H3. The SMILES string of the molecule is CCn1c(C(C)=O)cc2cccc(Br)c21. The second kappa shape index (κ2) is 3.81. The molecule has 0 aliphatic heterocycles. The molecule has 0 atom stereocenters. The number of fused-ring (bicyclic) bond motifs is 1. The third kappa shape index (κ3) is 1.61. The molecule has 0 saturated carbocycles. The summed E-state index contributed by atoms with van der Waals surface area (Å²) in [5, 5.41) is 1.11. The summed E-state index contributed by atoms with van der Waals surface area (Å²) in [6, 6.07) is 7.96. The summed E-state index contributed by atoms with van der Waals surface area (Å²) >= 11 is 3.52.